The van der Waals surface area contributed by atoms with Crippen molar-refractivity contribution in [3.05, 3.63) is 182 Å². The highest BCUT2D eigenvalue weighted by atomic mass is 15.0. The molecule has 0 spiro atoms. The molecule has 4 nitrogen and oxygen atoms in total. The van der Waals surface area contributed by atoms with Gasteiger partial charge >= 0.3 is 0 Å². The van der Waals surface area contributed by atoms with E-state index in [-0.39, 0.29) is 0 Å². The number of pyridine rings is 1. The molecule has 0 N–H and O–H groups in total. The first-order valence-corrected chi connectivity index (χ1v) is 20.4. The average molecular weight is 747 g/mol. The number of rotatable bonds is 2. The number of hydrogen-bond donors (Lipinski definition) is 0. The van der Waals surface area contributed by atoms with Crippen LogP contribution in [0.25, 0.3) is 137 Å². The lowest BCUT2D eigenvalue weighted by Crippen LogP contribution is -1.93. The second kappa shape index (κ2) is 10.5. The van der Waals surface area contributed by atoms with Crippen LogP contribution in [0.15, 0.2) is 182 Å². The minimum Gasteiger partial charge on any atom is -0.309 e. The number of hydrogen-bond acceptors (Lipinski definition) is 1. The molecule has 6 heterocycles. The van der Waals surface area contributed by atoms with E-state index in [1.54, 1.807) is 0 Å². The minimum absolute atomic E-state index is 1.01. The molecule has 59 heavy (non-hydrogen) atoms. The van der Waals surface area contributed by atoms with Gasteiger partial charge < -0.3 is 8.97 Å². The summed E-state index contributed by atoms with van der Waals surface area (Å²) in [5.74, 6) is 0. The molecule has 6 aromatic heterocycles. The summed E-state index contributed by atoms with van der Waals surface area (Å²) in [6, 6.07) is 67.2. The van der Waals surface area contributed by atoms with Gasteiger partial charge in [0.2, 0.25) is 0 Å². The molecule has 0 bridgehead atoms. The lowest BCUT2D eigenvalue weighted by atomic mass is 9.97. The minimum atomic E-state index is 1.01. The van der Waals surface area contributed by atoms with Gasteiger partial charge in [-0.3, -0.25) is 4.40 Å². The van der Waals surface area contributed by atoms with Crippen molar-refractivity contribution in [3.8, 4) is 16.8 Å². The van der Waals surface area contributed by atoms with E-state index in [1.807, 2.05) is 0 Å². The summed E-state index contributed by atoms with van der Waals surface area (Å²) in [7, 11) is 0. The maximum Gasteiger partial charge on any atom is 0.146 e. The Morgan fingerprint density at radius 1 is 0.339 bits per heavy atom. The maximum atomic E-state index is 5.78. The quantitative estimate of drug-likeness (QED) is 0.173. The molecule has 0 saturated heterocycles. The molecule has 0 aliphatic rings. The van der Waals surface area contributed by atoms with Crippen LogP contribution >= 0.6 is 0 Å². The second-order valence-corrected chi connectivity index (χ2v) is 16.3. The molecule has 15 rings (SSSR count). The van der Waals surface area contributed by atoms with Gasteiger partial charge in [0.15, 0.2) is 0 Å². The fraction of sp³-hybridized carbons (Fsp3) is 0. The van der Waals surface area contributed by atoms with Gasteiger partial charge in [-0.2, -0.15) is 0 Å². The Balaban J connectivity index is 1.11. The molecule has 270 valence electrons. The zero-order chi connectivity index (χ0) is 38.1. The third kappa shape index (κ3) is 3.60. The molecule has 15 aromatic rings. The lowest BCUT2D eigenvalue weighted by Gasteiger charge is -2.09. The molecule has 9 aromatic carbocycles. The van der Waals surface area contributed by atoms with Crippen molar-refractivity contribution in [1.82, 2.24) is 18.4 Å². The first-order valence-electron chi connectivity index (χ1n) is 20.4. The standard InChI is InChI=1S/C55H30N4/c1-2-14-34(15-3-1)57-46-23-9-8-18-38(46)43-28-33(25-27-47(43)57)37-19-10-22-42-49-35-16-6-5-13-32(35)29-45-50-48(58(52(37)42)54(45)49)30-44-40-21-11-20-39-41-26-24-31-12-4-7-17-36(31)51(41)59(53(39)40)55(44)56-50/h1-30H. The van der Waals surface area contributed by atoms with Crippen molar-refractivity contribution < 1.29 is 0 Å². The molecular weight excluding hydrogens is 717 g/mol. The third-order valence-corrected chi connectivity index (χ3v) is 13.4. The fourth-order valence-electron chi connectivity index (χ4n) is 11.1. The van der Waals surface area contributed by atoms with E-state index >= 15 is 0 Å². The molecule has 0 aliphatic heterocycles. The van der Waals surface area contributed by atoms with E-state index < -0.39 is 0 Å². The molecule has 0 saturated carbocycles. The van der Waals surface area contributed by atoms with Crippen molar-refractivity contribution >= 4 is 120 Å². The maximum absolute atomic E-state index is 5.78. The molecule has 0 atom stereocenters. The predicted octanol–water partition coefficient (Wildman–Crippen LogP) is 14.5. The Morgan fingerprint density at radius 3 is 1.92 bits per heavy atom. The number of benzene rings is 9. The number of nitrogens with zero attached hydrogens (tertiary/aromatic N) is 4. The van der Waals surface area contributed by atoms with Crippen LogP contribution in [0.5, 0.6) is 0 Å². The van der Waals surface area contributed by atoms with Gasteiger partial charge in [-0.05, 0) is 64.2 Å². The summed E-state index contributed by atoms with van der Waals surface area (Å²) in [4.78, 5) is 5.78. The monoisotopic (exact) mass is 746 g/mol. The molecule has 0 unspecified atom stereocenters. The van der Waals surface area contributed by atoms with Crippen LogP contribution in [0, 0.1) is 0 Å². The second-order valence-electron chi connectivity index (χ2n) is 16.3. The normalized spacial score (nSPS) is 12.7. The first-order chi connectivity index (χ1) is 29.3. The van der Waals surface area contributed by atoms with Gasteiger partial charge in [-0.15, -0.1) is 0 Å². The Hall–Kier alpha value is -7.95. The van der Waals surface area contributed by atoms with E-state index in [4.69, 9.17) is 4.98 Å². The molecule has 0 aliphatic carbocycles. The van der Waals surface area contributed by atoms with Crippen molar-refractivity contribution in [2.45, 2.75) is 0 Å². The topological polar surface area (TPSA) is 26.6 Å². The molecular formula is C55H30N4. The van der Waals surface area contributed by atoms with Crippen LogP contribution < -0.4 is 0 Å². The number of para-hydroxylation sites is 4. The summed E-state index contributed by atoms with van der Waals surface area (Å²) in [6.07, 6.45) is 0. The Kier molecular flexibility index (Phi) is 5.38. The predicted molar refractivity (Wildman–Crippen MR) is 248 cm³/mol. The third-order valence-electron chi connectivity index (χ3n) is 13.4. The van der Waals surface area contributed by atoms with E-state index in [9.17, 15) is 0 Å². The Morgan fingerprint density at radius 2 is 1.02 bits per heavy atom. The number of fused-ring (bicyclic) bond motifs is 19. The van der Waals surface area contributed by atoms with Crippen LogP contribution in [-0.4, -0.2) is 18.4 Å². The largest absolute Gasteiger partial charge is 0.309 e. The van der Waals surface area contributed by atoms with Crippen LogP contribution in [0.2, 0.25) is 0 Å². The summed E-state index contributed by atoms with van der Waals surface area (Å²) in [6.45, 7) is 0. The van der Waals surface area contributed by atoms with E-state index in [2.05, 4.69) is 195 Å². The zero-order valence-electron chi connectivity index (χ0n) is 31.6. The van der Waals surface area contributed by atoms with Crippen molar-refractivity contribution in [3.63, 3.8) is 0 Å². The van der Waals surface area contributed by atoms with Crippen LogP contribution in [0.3, 0.4) is 0 Å². The summed E-state index contributed by atoms with van der Waals surface area (Å²) in [5, 5.41) is 16.2. The fourth-order valence-corrected chi connectivity index (χ4v) is 11.1. The van der Waals surface area contributed by atoms with Gasteiger partial charge in [0.25, 0.3) is 0 Å². The van der Waals surface area contributed by atoms with E-state index in [1.165, 1.54) is 120 Å². The highest BCUT2D eigenvalue weighted by Gasteiger charge is 2.26. The van der Waals surface area contributed by atoms with Crippen molar-refractivity contribution in [2.75, 3.05) is 0 Å². The average Bonchev–Trinajstić information content (AvgIpc) is 4.08. The smallest absolute Gasteiger partial charge is 0.146 e. The molecule has 0 amide bonds. The Bertz CT molecular complexity index is 4300. The highest BCUT2D eigenvalue weighted by Crippen LogP contribution is 2.48. The van der Waals surface area contributed by atoms with Gasteiger partial charge in [0.1, 0.15) is 5.65 Å². The van der Waals surface area contributed by atoms with Gasteiger partial charge in [-0.1, -0.05) is 140 Å². The van der Waals surface area contributed by atoms with Gasteiger partial charge in [0, 0.05) is 65.1 Å². The SMILES string of the molecule is c1ccc(-n2c3ccccc3c3cc(-c4cccc5c6c7ccccc7cc7c8nc9c(cc8n(c45)c76)c4cccc5c6ccc7ccccc7c6n9c45)ccc32)cc1. The van der Waals surface area contributed by atoms with Gasteiger partial charge in [-0.25, -0.2) is 4.98 Å². The zero-order valence-corrected chi connectivity index (χ0v) is 31.6. The Labute approximate surface area is 335 Å². The summed E-state index contributed by atoms with van der Waals surface area (Å²) >= 11 is 0. The van der Waals surface area contributed by atoms with Crippen molar-refractivity contribution in [2.24, 2.45) is 0 Å². The lowest BCUT2D eigenvalue weighted by molar-refractivity contribution is 1.18. The molecule has 4 heteroatoms. The summed E-state index contributed by atoms with van der Waals surface area (Å²) in [5.41, 5.74) is 14.1. The van der Waals surface area contributed by atoms with Crippen LogP contribution in [0.4, 0.5) is 0 Å². The summed E-state index contributed by atoms with van der Waals surface area (Å²) < 4.78 is 7.39. The highest BCUT2D eigenvalue weighted by molar-refractivity contribution is 6.34. The first kappa shape index (κ1) is 30.2. The van der Waals surface area contributed by atoms with Crippen LogP contribution in [-0.2, 0) is 0 Å². The van der Waals surface area contributed by atoms with E-state index in [0.717, 1.165) is 16.7 Å². The molecule has 0 radical (unpaired) electrons. The van der Waals surface area contributed by atoms with E-state index in [0.29, 0.717) is 0 Å². The van der Waals surface area contributed by atoms with Crippen molar-refractivity contribution in [1.29, 1.82) is 0 Å². The van der Waals surface area contributed by atoms with Gasteiger partial charge in [0.05, 0.1) is 44.1 Å². The van der Waals surface area contributed by atoms with Crippen LogP contribution in [0.1, 0.15) is 0 Å². The molecule has 0 fully saturated rings. The number of aromatic nitrogens is 4.